The SMILES string of the molecule is Cc1cnc2c(c1)OC(N1CCC(N3CCCCC3)CC1)N2. The number of anilines is 1. The van der Waals surface area contributed by atoms with Crippen molar-refractivity contribution in [3.63, 3.8) is 0 Å². The number of aryl methyl sites for hydroxylation is 1. The van der Waals surface area contributed by atoms with Gasteiger partial charge in [-0.1, -0.05) is 6.42 Å². The quantitative estimate of drug-likeness (QED) is 0.908. The molecule has 4 heterocycles. The second-order valence-corrected chi connectivity index (χ2v) is 6.84. The van der Waals surface area contributed by atoms with E-state index in [1.165, 1.54) is 45.2 Å². The number of hydrogen-bond donors (Lipinski definition) is 1. The number of rotatable bonds is 2. The van der Waals surface area contributed by atoms with Crippen LogP contribution in [0.4, 0.5) is 5.82 Å². The van der Waals surface area contributed by atoms with Gasteiger partial charge >= 0.3 is 0 Å². The third kappa shape index (κ3) is 2.79. The molecule has 0 aliphatic carbocycles. The number of fused-ring (bicyclic) bond motifs is 1. The summed E-state index contributed by atoms with van der Waals surface area (Å²) >= 11 is 0. The van der Waals surface area contributed by atoms with Crippen molar-refractivity contribution in [3.8, 4) is 5.75 Å². The molecule has 0 aromatic carbocycles. The fourth-order valence-electron chi connectivity index (χ4n) is 3.94. The number of aromatic nitrogens is 1. The molecular weight excluding hydrogens is 276 g/mol. The van der Waals surface area contributed by atoms with Gasteiger partial charge in [0.1, 0.15) is 0 Å². The normalized spacial score (nSPS) is 27.2. The first-order valence-corrected chi connectivity index (χ1v) is 8.67. The van der Waals surface area contributed by atoms with Gasteiger partial charge in [0, 0.05) is 25.3 Å². The molecule has 2 saturated heterocycles. The molecule has 5 nitrogen and oxygen atoms in total. The maximum Gasteiger partial charge on any atom is 0.231 e. The standard InChI is InChI=1S/C17H26N4O/c1-13-11-15-16(18-12-13)19-17(22-15)21-9-5-14(6-10-21)20-7-3-2-4-8-20/h11-12,14,17H,2-10H2,1H3,(H,18,19). The predicted molar refractivity (Wildman–Crippen MR) is 87.0 cm³/mol. The van der Waals surface area contributed by atoms with Gasteiger partial charge in [0.15, 0.2) is 11.6 Å². The highest BCUT2D eigenvalue weighted by molar-refractivity contribution is 5.54. The van der Waals surface area contributed by atoms with Crippen LogP contribution in [0.3, 0.4) is 0 Å². The summed E-state index contributed by atoms with van der Waals surface area (Å²) in [5.41, 5.74) is 1.14. The Morgan fingerprint density at radius 3 is 2.64 bits per heavy atom. The van der Waals surface area contributed by atoms with Gasteiger partial charge in [0.25, 0.3) is 0 Å². The van der Waals surface area contributed by atoms with Crippen molar-refractivity contribution >= 4 is 5.82 Å². The van der Waals surface area contributed by atoms with E-state index >= 15 is 0 Å². The molecule has 3 aliphatic heterocycles. The Labute approximate surface area is 132 Å². The lowest BCUT2D eigenvalue weighted by Crippen LogP contribution is -2.51. The molecule has 4 rings (SSSR count). The fourth-order valence-corrected chi connectivity index (χ4v) is 3.94. The van der Waals surface area contributed by atoms with Crippen LogP contribution in [-0.4, -0.2) is 53.4 Å². The number of pyridine rings is 1. The van der Waals surface area contributed by atoms with E-state index in [1.54, 1.807) is 0 Å². The topological polar surface area (TPSA) is 40.6 Å². The highest BCUT2D eigenvalue weighted by Gasteiger charge is 2.33. The largest absolute Gasteiger partial charge is 0.453 e. The summed E-state index contributed by atoms with van der Waals surface area (Å²) < 4.78 is 6.05. The zero-order chi connectivity index (χ0) is 14.9. The van der Waals surface area contributed by atoms with Gasteiger partial charge in [-0.25, -0.2) is 4.98 Å². The lowest BCUT2D eigenvalue weighted by atomic mass is 10.00. The Hall–Kier alpha value is -1.33. The third-order valence-electron chi connectivity index (χ3n) is 5.23. The minimum atomic E-state index is -0.0356. The van der Waals surface area contributed by atoms with Gasteiger partial charge in [-0.3, -0.25) is 4.90 Å². The zero-order valence-electron chi connectivity index (χ0n) is 13.4. The van der Waals surface area contributed by atoms with Gasteiger partial charge in [-0.15, -0.1) is 0 Å². The predicted octanol–water partition coefficient (Wildman–Crippen LogP) is 2.43. The van der Waals surface area contributed by atoms with Crippen molar-refractivity contribution < 1.29 is 4.74 Å². The molecule has 1 unspecified atom stereocenters. The Kier molecular flexibility index (Phi) is 3.92. The van der Waals surface area contributed by atoms with E-state index in [-0.39, 0.29) is 6.35 Å². The molecule has 1 atom stereocenters. The molecule has 5 heteroatoms. The van der Waals surface area contributed by atoms with Crippen LogP contribution in [0.2, 0.25) is 0 Å². The minimum absolute atomic E-state index is 0.0356. The monoisotopic (exact) mass is 302 g/mol. The second kappa shape index (κ2) is 6.05. The fraction of sp³-hybridized carbons (Fsp3) is 0.706. The summed E-state index contributed by atoms with van der Waals surface area (Å²) in [4.78, 5) is 9.55. The average Bonchev–Trinajstić information content (AvgIpc) is 2.99. The molecule has 0 amide bonds. The van der Waals surface area contributed by atoms with Crippen molar-refractivity contribution in [2.45, 2.75) is 51.4 Å². The maximum atomic E-state index is 6.05. The number of piperidine rings is 2. The lowest BCUT2D eigenvalue weighted by Gasteiger charge is -2.41. The number of likely N-dealkylation sites (tertiary alicyclic amines) is 2. The first-order valence-electron chi connectivity index (χ1n) is 8.67. The second-order valence-electron chi connectivity index (χ2n) is 6.84. The molecule has 0 saturated carbocycles. The highest BCUT2D eigenvalue weighted by atomic mass is 16.5. The third-order valence-corrected chi connectivity index (χ3v) is 5.23. The summed E-state index contributed by atoms with van der Waals surface area (Å²) in [7, 11) is 0. The molecule has 22 heavy (non-hydrogen) atoms. The van der Waals surface area contributed by atoms with Crippen LogP contribution in [0.25, 0.3) is 0 Å². The van der Waals surface area contributed by atoms with Crippen LogP contribution in [0.5, 0.6) is 5.75 Å². The molecule has 0 bridgehead atoms. The Balaban J connectivity index is 1.33. The van der Waals surface area contributed by atoms with E-state index < -0.39 is 0 Å². The number of nitrogens with one attached hydrogen (secondary N) is 1. The maximum absolute atomic E-state index is 6.05. The van der Waals surface area contributed by atoms with Crippen molar-refractivity contribution in [1.82, 2.24) is 14.8 Å². The average molecular weight is 302 g/mol. The molecule has 0 radical (unpaired) electrons. The molecule has 2 fully saturated rings. The molecular formula is C17H26N4O. The molecule has 0 spiro atoms. The van der Waals surface area contributed by atoms with Crippen LogP contribution in [-0.2, 0) is 0 Å². The van der Waals surface area contributed by atoms with Gasteiger partial charge in [0.2, 0.25) is 6.35 Å². The molecule has 3 aliphatic rings. The van der Waals surface area contributed by atoms with Crippen LogP contribution in [0.15, 0.2) is 12.3 Å². The van der Waals surface area contributed by atoms with Gasteiger partial charge < -0.3 is 15.0 Å². The number of hydrogen-bond acceptors (Lipinski definition) is 5. The van der Waals surface area contributed by atoms with Crippen LogP contribution >= 0.6 is 0 Å². The van der Waals surface area contributed by atoms with Crippen LogP contribution < -0.4 is 10.1 Å². The summed E-state index contributed by atoms with van der Waals surface area (Å²) in [6.07, 6.45) is 8.54. The van der Waals surface area contributed by atoms with Crippen molar-refractivity contribution in [1.29, 1.82) is 0 Å². The van der Waals surface area contributed by atoms with E-state index in [1.807, 2.05) is 13.1 Å². The smallest absolute Gasteiger partial charge is 0.231 e. The highest BCUT2D eigenvalue weighted by Crippen LogP contribution is 2.32. The van der Waals surface area contributed by atoms with Gasteiger partial charge in [-0.05, 0) is 57.3 Å². The first-order chi connectivity index (χ1) is 10.8. The summed E-state index contributed by atoms with van der Waals surface area (Å²) in [6, 6.07) is 2.84. The summed E-state index contributed by atoms with van der Waals surface area (Å²) in [5.74, 6) is 1.77. The van der Waals surface area contributed by atoms with Crippen molar-refractivity contribution in [2.24, 2.45) is 0 Å². The van der Waals surface area contributed by atoms with Gasteiger partial charge in [0.05, 0.1) is 0 Å². The van der Waals surface area contributed by atoms with Crippen molar-refractivity contribution in [3.05, 3.63) is 17.8 Å². The molecule has 1 aromatic rings. The zero-order valence-corrected chi connectivity index (χ0v) is 13.4. The lowest BCUT2D eigenvalue weighted by molar-refractivity contribution is 0.0140. The molecule has 120 valence electrons. The number of nitrogens with zero attached hydrogens (tertiary/aromatic N) is 3. The van der Waals surface area contributed by atoms with E-state index in [4.69, 9.17) is 4.74 Å². The Bertz CT molecular complexity index is 521. The molecule has 1 aromatic heterocycles. The Morgan fingerprint density at radius 1 is 1.09 bits per heavy atom. The van der Waals surface area contributed by atoms with Crippen molar-refractivity contribution in [2.75, 3.05) is 31.5 Å². The Morgan fingerprint density at radius 2 is 1.86 bits per heavy atom. The summed E-state index contributed by atoms with van der Waals surface area (Å²) in [6.45, 7) is 6.86. The summed E-state index contributed by atoms with van der Waals surface area (Å²) in [5, 5.41) is 3.40. The molecule has 1 N–H and O–H groups in total. The van der Waals surface area contributed by atoms with Crippen LogP contribution in [0.1, 0.15) is 37.7 Å². The van der Waals surface area contributed by atoms with E-state index in [2.05, 4.69) is 26.2 Å². The van der Waals surface area contributed by atoms with E-state index in [0.717, 1.165) is 36.3 Å². The first kappa shape index (κ1) is 14.3. The van der Waals surface area contributed by atoms with Gasteiger partial charge in [-0.2, -0.15) is 0 Å². The van der Waals surface area contributed by atoms with Crippen LogP contribution in [0, 0.1) is 6.92 Å². The van der Waals surface area contributed by atoms with E-state index in [9.17, 15) is 0 Å². The minimum Gasteiger partial charge on any atom is -0.453 e. The number of ether oxygens (including phenoxy) is 1. The van der Waals surface area contributed by atoms with E-state index in [0.29, 0.717) is 0 Å².